The average Bonchev–Trinajstić information content (AvgIpc) is 3.21. The summed E-state index contributed by atoms with van der Waals surface area (Å²) in [7, 11) is 0. The minimum Gasteiger partial charge on any atom is -0.424 e. The van der Waals surface area contributed by atoms with E-state index in [0.717, 1.165) is 5.56 Å². The minimum absolute atomic E-state index is 0.165. The number of aromatic nitrogens is 3. The fraction of sp³-hybridized carbons (Fsp3) is 0. The molecule has 132 valence electrons. The molecule has 0 aliphatic rings. The van der Waals surface area contributed by atoms with Gasteiger partial charge in [-0.15, -0.1) is 0 Å². The first-order valence-electron chi connectivity index (χ1n) is 8.16. The van der Waals surface area contributed by atoms with E-state index in [1.54, 1.807) is 18.2 Å². The highest BCUT2D eigenvalue weighted by atomic mass is 16.5. The molecule has 0 spiro atoms. The Kier molecular flexibility index (Phi) is 4.57. The molecule has 2 aromatic heterocycles. The number of nitrogens with one attached hydrogen (secondary N) is 1. The number of anilines is 1. The monoisotopic (exact) mass is 358 g/mol. The first-order valence-corrected chi connectivity index (χ1v) is 8.16. The molecule has 1 amide bonds. The zero-order chi connectivity index (χ0) is 18.5. The van der Waals surface area contributed by atoms with Crippen LogP contribution in [0, 0.1) is 0 Å². The lowest BCUT2D eigenvalue weighted by Gasteiger charge is -2.05. The van der Waals surface area contributed by atoms with Crippen LogP contribution in [0.2, 0.25) is 0 Å². The molecule has 0 unspecified atom stereocenters. The van der Waals surface area contributed by atoms with Crippen LogP contribution in [0.3, 0.4) is 0 Å². The number of carbonyl (C=O) groups is 1. The molecule has 7 heteroatoms. The molecule has 2 heterocycles. The van der Waals surface area contributed by atoms with Crippen LogP contribution in [0.25, 0.3) is 11.3 Å². The molecule has 0 radical (unpaired) electrons. The highest BCUT2D eigenvalue weighted by Gasteiger charge is 2.14. The fourth-order valence-corrected chi connectivity index (χ4v) is 2.34. The summed E-state index contributed by atoms with van der Waals surface area (Å²) < 4.78 is 10.7. The summed E-state index contributed by atoms with van der Waals surface area (Å²) in [6.07, 6.45) is 2.92. The van der Waals surface area contributed by atoms with E-state index in [2.05, 4.69) is 20.4 Å². The molecular weight excluding hydrogens is 344 g/mol. The lowest BCUT2D eigenvalue weighted by Crippen LogP contribution is -2.12. The number of amides is 1. The fourth-order valence-electron chi connectivity index (χ4n) is 2.34. The largest absolute Gasteiger partial charge is 0.424 e. The zero-order valence-corrected chi connectivity index (χ0v) is 14.1. The van der Waals surface area contributed by atoms with E-state index in [4.69, 9.17) is 9.26 Å². The molecule has 0 bridgehead atoms. The van der Waals surface area contributed by atoms with Crippen molar-refractivity contribution >= 4 is 11.6 Å². The van der Waals surface area contributed by atoms with Crippen LogP contribution in [0.1, 0.15) is 10.5 Å². The second-order valence-electron chi connectivity index (χ2n) is 5.57. The van der Waals surface area contributed by atoms with E-state index >= 15 is 0 Å². The number of ether oxygens (including phenoxy) is 1. The number of rotatable bonds is 5. The maximum Gasteiger partial charge on any atom is 0.322 e. The molecule has 4 aromatic rings. The van der Waals surface area contributed by atoms with Gasteiger partial charge in [-0.2, -0.15) is 0 Å². The summed E-state index contributed by atoms with van der Waals surface area (Å²) in [6.45, 7) is 0. The number of hydrogen-bond acceptors (Lipinski definition) is 6. The summed E-state index contributed by atoms with van der Waals surface area (Å²) in [5.74, 6) is 0.732. The number of para-hydroxylation sites is 1. The topological polar surface area (TPSA) is 90.1 Å². The van der Waals surface area contributed by atoms with Gasteiger partial charge >= 0.3 is 6.01 Å². The number of benzene rings is 2. The van der Waals surface area contributed by atoms with Gasteiger partial charge in [-0.05, 0) is 12.1 Å². The number of carbonyl (C=O) groups excluding carboxylic acids is 1. The molecular formula is C20H14N4O3. The van der Waals surface area contributed by atoms with Gasteiger partial charge in [-0.25, -0.2) is 9.97 Å². The van der Waals surface area contributed by atoms with E-state index in [1.807, 2.05) is 48.5 Å². The zero-order valence-electron chi connectivity index (χ0n) is 14.1. The number of hydrogen-bond donors (Lipinski definition) is 1. The molecule has 4 rings (SSSR count). The highest BCUT2D eigenvalue weighted by Crippen LogP contribution is 2.21. The Morgan fingerprint density at radius 2 is 1.59 bits per heavy atom. The summed E-state index contributed by atoms with van der Waals surface area (Å²) in [6, 6.07) is 20.4. The van der Waals surface area contributed by atoms with Crippen molar-refractivity contribution in [3.8, 4) is 23.1 Å². The predicted molar refractivity (Wildman–Crippen MR) is 98.4 cm³/mol. The Morgan fingerprint density at radius 3 is 2.30 bits per heavy atom. The highest BCUT2D eigenvalue weighted by molar-refractivity contribution is 6.03. The van der Waals surface area contributed by atoms with Crippen LogP contribution in [-0.2, 0) is 0 Å². The van der Waals surface area contributed by atoms with Crippen molar-refractivity contribution in [1.82, 2.24) is 15.1 Å². The molecule has 0 saturated heterocycles. The van der Waals surface area contributed by atoms with Gasteiger partial charge in [0, 0.05) is 11.6 Å². The van der Waals surface area contributed by atoms with E-state index < -0.39 is 5.91 Å². The third kappa shape index (κ3) is 3.98. The maximum atomic E-state index is 12.3. The quantitative estimate of drug-likeness (QED) is 0.576. The smallest absolute Gasteiger partial charge is 0.322 e. The van der Waals surface area contributed by atoms with Crippen LogP contribution >= 0.6 is 0 Å². The van der Waals surface area contributed by atoms with Crippen LogP contribution < -0.4 is 10.1 Å². The van der Waals surface area contributed by atoms with Crippen LogP contribution in [-0.4, -0.2) is 21.0 Å². The number of nitrogens with zero attached hydrogens (tertiary/aromatic N) is 3. The van der Waals surface area contributed by atoms with Crippen LogP contribution in [0.5, 0.6) is 11.8 Å². The molecule has 0 aliphatic carbocycles. The van der Waals surface area contributed by atoms with Gasteiger partial charge in [0.15, 0.2) is 11.5 Å². The Balaban J connectivity index is 1.42. The van der Waals surface area contributed by atoms with E-state index in [1.165, 1.54) is 12.4 Å². The van der Waals surface area contributed by atoms with Gasteiger partial charge < -0.3 is 14.6 Å². The average molecular weight is 358 g/mol. The molecule has 7 nitrogen and oxygen atoms in total. The molecule has 2 aromatic carbocycles. The second kappa shape index (κ2) is 7.49. The first-order chi connectivity index (χ1) is 13.3. The van der Waals surface area contributed by atoms with Gasteiger partial charge in [0.25, 0.3) is 5.91 Å². The van der Waals surface area contributed by atoms with Gasteiger partial charge in [-0.3, -0.25) is 4.79 Å². The standard InChI is InChI=1S/C20H14N4O3/c25-19(17-11-18(27-24-17)14-7-3-1-4-8-14)23-15-12-21-20(22-13-15)26-16-9-5-2-6-10-16/h1-13H,(H,23,25). The Morgan fingerprint density at radius 1 is 0.926 bits per heavy atom. The van der Waals surface area contributed by atoms with Gasteiger partial charge in [0.05, 0.1) is 18.1 Å². The minimum atomic E-state index is -0.416. The molecule has 27 heavy (non-hydrogen) atoms. The summed E-state index contributed by atoms with van der Waals surface area (Å²) in [5.41, 5.74) is 1.43. The van der Waals surface area contributed by atoms with E-state index in [9.17, 15) is 4.79 Å². The van der Waals surface area contributed by atoms with E-state index in [0.29, 0.717) is 17.2 Å². The maximum absolute atomic E-state index is 12.3. The normalized spacial score (nSPS) is 10.4. The Hall–Kier alpha value is -4.00. The van der Waals surface area contributed by atoms with Gasteiger partial charge in [0.1, 0.15) is 5.75 Å². The van der Waals surface area contributed by atoms with Crippen molar-refractivity contribution in [2.24, 2.45) is 0 Å². The van der Waals surface area contributed by atoms with Crippen molar-refractivity contribution in [3.05, 3.63) is 84.8 Å². The second-order valence-corrected chi connectivity index (χ2v) is 5.57. The van der Waals surface area contributed by atoms with Crippen LogP contribution in [0.15, 0.2) is 83.6 Å². The first kappa shape index (κ1) is 16.5. The van der Waals surface area contributed by atoms with Gasteiger partial charge in [0.2, 0.25) is 0 Å². The molecule has 0 fully saturated rings. The van der Waals surface area contributed by atoms with Crippen LogP contribution in [0.4, 0.5) is 5.69 Å². The summed E-state index contributed by atoms with van der Waals surface area (Å²) in [4.78, 5) is 20.5. The van der Waals surface area contributed by atoms with Crippen molar-refractivity contribution in [2.75, 3.05) is 5.32 Å². The van der Waals surface area contributed by atoms with Gasteiger partial charge in [-0.1, -0.05) is 53.7 Å². The lowest BCUT2D eigenvalue weighted by molar-refractivity contribution is 0.101. The van der Waals surface area contributed by atoms with Crippen molar-refractivity contribution < 1.29 is 14.1 Å². The molecule has 0 aliphatic heterocycles. The van der Waals surface area contributed by atoms with Crippen molar-refractivity contribution in [3.63, 3.8) is 0 Å². The third-order valence-corrected chi connectivity index (χ3v) is 3.64. The SMILES string of the molecule is O=C(Nc1cnc(Oc2ccccc2)nc1)c1cc(-c2ccccc2)on1. The Labute approximate surface area is 154 Å². The summed E-state index contributed by atoms with van der Waals surface area (Å²) in [5, 5.41) is 6.48. The summed E-state index contributed by atoms with van der Waals surface area (Å²) >= 11 is 0. The van der Waals surface area contributed by atoms with E-state index in [-0.39, 0.29) is 11.7 Å². The van der Waals surface area contributed by atoms with Crippen molar-refractivity contribution in [1.29, 1.82) is 0 Å². The Bertz CT molecular complexity index is 1030. The predicted octanol–water partition coefficient (Wildman–Crippen LogP) is 4.18. The molecule has 0 saturated carbocycles. The molecule has 1 N–H and O–H groups in total. The molecule has 0 atom stereocenters. The third-order valence-electron chi connectivity index (χ3n) is 3.64. The lowest BCUT2D eigenvalue weighted by atomic mass is 10.1. The van der Waals surface area contributed by atoms with Crippen molar-refractivity contribution in [2.45, 2.75) is 0 Å².